The van der Waals surface area contributed by atoms with Crippen LogP contribution >= 0.6 is 0 Å². The average Bonchev–Trinajstić information content (AvgIpc) is 3.08. The summed E-state index contributed by atoms with van der Waals surface area (Å²) >= 11 is 0. The number of benzene rings is 5. The van der Waals surface area contributed by atoms with Gasteiger partial charge in [-0.1, -0.05) is 72.8 Å². The first-order chi connectivity index (χ1) is 22.2. The first-order valence-electron chi connectivity index (χ1n) is 15.3. The number of carbonyl (C=O) groups is 1. The molecule has 0 aliphatic rings. The maximum Gasteiger partial charge on any atom is 0.308 e. The van der Waals surface area contributed by atoms with Crippen molar-refractivity contribution in [3.63, 3.8) is 0 Å². The van der Waals surface area contributed by atoms with Crippen LogP contribution in [0.25, 0.3) is 23.3 Å². The van der Waals surface area contributed by atoms with Crippen LogP contribution in [-0.2, 0) is 4.79 Å². The third-order valence-electron chi connectivity index (χ3n) is 8.03. The van der Waals surface area contributed by atoms with Crippen molar-refractivity contribution in [2.75, 3.05) is 31.0 Å². The van der Waals surface area contributed by atoms with Gasteiger partial charge in [0.1, 0.15) is 11.5 Å². The summed E-state index contributed by atoms with van der Waals surface area (Å²) in [5, 5.41) is 0. The minimum atomic E-state index is -0.330. The minimum absolute atomic E-state index is 0.330. The summed E-state index contributed by atoms with van der Waals surface area (Å²) in [5.41, 5.74) is 11.2. The molecule has 0 heterocycles. The summed E-state index contributed by atoms with van der Waals surface area (Å²) in [6.45, 7) is 5.70. The maximum atomic E-state index is 11.3. The van der Waals surface area contributed by atoms with Gasteiger partial charge in [0.15, 0.2) is 0 Å². The highest BCUT2D eigenvalue weighted by Gasteiger charge is 2.08. The van der Waals surface area contributed by atoms with Crippen molar-refractivity contribution in [3.8, 4) is 11.5 Å². The summed E-state index contributed by atoms with van der Waals surface area (Å²) in [7, 11) is 5.75. The average molecular weight is 609 g/mol. The molecule has 0 unspecified atom stereocenters. The largest absolute Gasteiger partial charge is 0.497 e. The Kier molecular flexibility index (Phi) is 10.0. The predicted octanol–water partition coefficient (Wildman–Crippen LogP) is 10.3. The van der Waals surface area contributed by atoms with Crippen LogP contribution in [0.1, 0.15) is 43.0 Å². The summed E-state index contributed by atoms with van der Waals surface area (Å²) in [6, 6.07) is 41.3. The first-order valence-corrected chi connectivity index (χ1v) is 15.3. The molecule has 46 heavy (non-hydrogen) atoms. The third kappa shape index (κ3) is 7.93. The van der Waals surface area contributed by atoms with Gasteiger partial charge in [-0.15, -0.1) is 0 Å². The third-order valence-corrected chi connectivity index (χ3v) is 8.03. The maximum absolute atomic E-state index is 11.3. The molecule has 0 aliphatic heterocycles. The Bertz CT molecular complexity index is 1850. The molecule has 5 aromatic rings. The van der Waals surface area contributed by atoms with Crippen LogP contribution < -0.4 is 19.3 Å². The first kappa shape index (κ1) is 31.9. The molecule has 5 rings (SSSR count). The fraction of sp³-hybridized carbons (Fsp3) is 0.146. The molecule has 0 aromatic heterocycles. The van der Waals surface area contributed by atoms with Crippen molar-refractivity contribution in [1.82, 2.24) is 0 Å². The van der Waals surface area contributed by atoms with Crippen LogP contribution in [-0.4, -0.2) is 27.2 Å². The molecule has 5 aromatic carbocycles. The van der Waals surface area contributed by atoms with Crippen molar-refractivity contribution in [2.24, 2.45) is 0 Å². The van der Waals surface area contributed by atoms with Gasteiger partial charge < -0.3 is 19.3 Å². The number of ether oxygens (including phenoxy) is 2. The smallest absolute Gasteiger partial charge is 0.308 e. The van der Waals surface area contributed by atoms with Crippen LogP contribution in [0.4, 0.5) is 22.7 Å². The van der Waals surface area contributed by atoms with Crippen molar-refractivity contribution in [2.45, 2.75) is 20.8 Å². The topological polar surface area (TPSA) is 42.0 Å². The zero-order valence-corrected chi connectivity index (χ0v) is 27.3. The zero-order chi connectivity index (χ0) is 32.6. The van der Waals surface area contributed by atoms with Crippen LogP contribution in [0.3, 0.4) is 0 Å². The molecule has 0 saturated heterocycles. The molecule has 0 saturated carbocycles. The number of allylic oxidation sites excluding steroid dienone is 2. The molecule has 5 nitrogen and oxygen atoms in total. The monoisotopic (exact) mass is 608 g/mol. The van der Waals surface area contributed by atoms with Crippen molar-refractivity contribution >= 4 is 52.0 Å². The molecular weight excluding hydrogens is 568 g/mol. The van der Waals surface area contributed by atoms with Gasteiger partial charge in [0.05, 0.1) is 7.11 Å². The number of rotatable bonds is 10. The van der Waals surface area contributed by atoms with Crippen molar-refractivity contribution < 1.29 is 14.3 Å². The molecule has 0 bridgehead atoms. The molecule has 5 heteroatoms. The molecule has 0 atom stereocenters. The van der Waals surface area contributed by atoms with E-state index in [1.807, 2.05) is 43.4 Å². The van der Waals surface area contributed by atoms with Gasteiger partial charge in [-0.3, -0.25) is 4.79 Å². The lowest BCUT2D eigenvalue weighted by atomic mass is 9.99. The predicted molar refractivity (Wildman–Crippen MR) is 193 cm³/mol. The molecule has 232 valence electrons. The van der Waals surface area contributed by atoms with Gasteiger partial charge in [-0.2, -0.15) is 0 Å². The highest BCUT2D eigenvalue weighted by atomic mass is 16.5. The second-order valence-electron chi connectivity index (χ2n) is 11.3. The Labute approximate surface area is 272 Å². The van der Waals surface area contributed by atoms with Gasteiger partial charge >= 0.3 is 5.97 Å². The van der Waals surface area contributed by atoms with E-state index in [0.29, 0.717) is 5.75 Å². The molecule has 0 N–H and O–H groups in total. The summed E-state index contributed by atoms with van der Waals surface area (Å²) in [4.78, 5) is 15.6. The summed E-state index contributed by atoms with van der Waals surface area (Å²) in [5.74, 6) is 1.05. The molecule has 0 aliphatic carbocycles. The quantitative estimate of drug-likeness (QED) is 0.0896. The highest BCUT2D eigenvalue weighted by molar-refractivity contribution is 5.84. The van der Waals surface area contributed by atoms with E-state index in [1.165, 1.54) is 29.2 Å². The van der Waals surface area contributed by atoms with E-state index >= 15 is 0 Å². The number of nitrogens with zero attached hydrogens (tertiary/aromatic N) is 2. The number of hydrogen-bond acceptors (Lipinski definition) is 5. The minimum Gasteiger partial charge on any atom is -0.497 e. The van der Waals surface area contributed by atoms with Gasteiger partial charge in [-0.25, -0.2) is 0 Å². The lowest BCUT2D eigenvalue weighted by Gasteiger charge is -2.20. The fourth-order valence-electron chi connectivity index (χ4n) is 5.29. The Hall–Kier alpha value is -5.55. The van der Waals surface area contributed by atoms with E-state index in [2.05, 4.69) is 122 Å². The van der Waals surface area contributed by atoms with Gasteiger partial charge in [0.25, 0.3) is 0 Å². The van der Waals surface area contributed by atoms with Crippen LogP contribution in [0.15, 0.2) is 121 Å². The van der Waals surface area contributed by atoms with Crippen molar-refractivity contribution in [3.05, 3.63) is 144 Å². The van der Waals surface area contributed by atoms with Crippen molar-refractivity contribution in [1.29, 1.82) is 0 Å². The van der Waals surface area contributed by atoms with E-state index in [4.69, 9.17) is 9.47 Å². The van der Waals surface area contributed by atoms with Gasteiger partial charge in [-0.05, 0) is 95.8 Å². The Morgan fingerprint density at radius 3 is 1.37 bits per heavy atom. The number of anilines is 4. The van der Waals surface area contributed by atoms with E-state index < -0.39 is 0 Å². The lowest BCUT2D eigenvalue weighted by molar-refractivity contribution is -0.131. The number of hydrogen-bond donors (Lipinski definition) is 0. The molecule has 0 spiro atoms. The SMILES string of the molecule is COc1cccc(N(C)c2ccc(/C=C(\C)c3ccc(/C(C)=C/c4ccc(N(C)c5cccc(OC(C)=O)c5)cc4)cc3)cc2)c1. The summed E-state index contributed by atoms with van der Waals surface area (Å²) in [6.07, 6.45) is 4.42. The number of carbonyl (C=O) groups excluding carboxylic acids is 1. The van der Waals surface area contributed by atoms with Gasteiger partial charge in [0, 0.05) is 55.9 Å². The van der Waals surface area contributed by atoms with E-state index in [1.54, 1.807) is 13.2 Å². The Balaban J connectivity index is 1.23. The summed E-state index contributed by atoms with van der Waals surface area (Å²) < 4.78 is 10.6. The normalized spacial score (nSPS) is 11.6. The Morgan fingerprint density at radius 1 is 0.543 bits per heavy atom. The van der Waals surface area contributed by atoms with E-state index in [0.717, 1.165) is 39.6 Å². The van der Waals surface area contributed by atoms with Crippen LogP contribution in [0.5, 0.6) is 11.5 Å². The fourth-order valence-corrected chi connectivity index (χ4v) is 5.29. The molecule has 0 amide bonds. The second-order valence-corrected chi connectivity index (χ2v) is 11.3. The van der Waals surface area contributed by atoms with Crippen LogP contribution in [0.2, 0.25) is 0 Å². The molecular formula is C41H40N2O3. The Morgan fingerprint density at radius 2 is 0.957 bits per heavy atom. The zero-order valence-electron chi connectivity index (χ0n) is 27.3. The molecule has 0 fully saturated rings. The van der Waals surface area contributed by atoms with E-state index in [9.17, 15) is 4.79 Å². The van der Waals surface area contributed by atoms with Gasteiger partial charge in [0.2, 0.25) is 0 Å². The second kappa shape index (κ2) is 14.5. The number of methoxy groups -OCH3 is 1. The standard InChI is InChI=1S/C41H40N2O3/c1-29(25-32-13-21-36(22-14-32)42(4)38-9-7-11-40(27-38)45-6)34-17-19-35(20-18-34)30(2)26-33-15-23-37(24-16-33)43(5)39-10-8-12-41(28-39)46-31(3)44/h7-28H,1-6H3/b29-25+,30-26+. The highest BCUT2D eigenvalue weighted by Crippen LogP contribution is 2.30. The molecule has 0 radical (unpaired) electrons. The van der Waals surface area contributed by atoms with E-state index in [-0.39, 0.29) is 5.97 Å². The lowest BCUT2D eigenvalue weighted by Crippen LogP contribution is -2.10. The van der Waals surface area contributed by atoms with Crippen LogP contribution in [0, 0.1) is 0 Å². The number of esters is 1.